The lowest BCUT2D eigenvalue weighted by Crippen LogP contribution is -2.03. The molecule has 2 aromatic carbocycles. The van der Waals surface area contributed by atoms with E-state index in [1.54, 1.807) is 18.2 Å². The Kier molecular flexibility index (Phi) is 5.23. The number of thioether (sulfide) groups is 1. The fraction of sp³-hybridized carbons (Fsp3) is 0.105. The first kappa shape index (κ1) is 18.5. The fourth-order valence-electron chi connectivity index (χ4n) is 2.60. The van der Waals surface area contributed by atoms with Crippen LogP contribution in [0.4, 0.5) is 0 Å². The minimum Gasteiger partial charge on any atom is -0.293 e. The lowest BCUT2D eigenvalue weighted by atomic mass is 10.1. The molecule has 0 saturated carbocycles. The summed E-state index contributed by atoms with van der Waals surface area (Å²) in [4.78, 5) is 13.3. The maximum atomic E-state index is 12.5. The average Bonchev–Trinajstić information content (AvgIpc) is 3.25. The van der Waals surface area contributed by atoms with Crippen molar-refractivity contribution in [2.75, 3.05) is 5.75 Å². The van der Waals surface area contributed by atoms with Gasteiger partial charge in [-0.25, -0.2) is 0 Å². The first-order chi connectivity index (χ1) is 13.0. The molecule has 136 valence electrons. The van der Waals surface area contributed by atoms with Gasteiger partial charge in [-0.2, -0.15) is 0 Å². The van der Waals surface area contributed by atoms with Crippen molar-refractivity contribution < 1.29 is 4.79 Å². The Bertz CT molecular complexity index is 1140. The zero-order valence-corrected chi connectivity index (χ0v) is 17.3. The van der Waals surface area contributed by atoms with Gasteiger partial charge in [-0.15, -0.1) is 21.5 Å². The maximum Gasteiger partial charge on any atom is 0.217 e. The highest BCUT2D eigenvalue weighted by molar-refractivity contribution is 7.99. The molecule has 0 saturated heterocycles. The van der Waals surface area contributed by atoms with E-state index in [1.165, 1.54) is 28.7 Å². The minimum absolute atomic E-state index is 0.0394. The number of hydrogen-bond donors (Lipinski definition) is 0. The first-order valence-electron chi connectivity index (χ1n) is 8.03. The van der Waals surface area contributed by atoms with E-state index in [2.05, 4.69) is 46.8 Å². The third kappa shape index (κ3) is 3.75. The van der Waals surface area contributed by atoms with Crippen LogP contribution in [0.3, 0.4) is 0 Å². The van der Waals surface area contributed by atoms with Crippen LogP contribution in [-0.4, -0.2) is 26.1 Å². The quantitative estimate of drug-likeness (QED) is 0.284. The second kappa shape index (κ2) is 7.64. The molecule has 0 atom stereocenters. The van der Waals surface area contributed by atoms with Gasteiger partial charge in [-0.05, 0) is 30.7 Å². The van der Waals surface area contributed by atoms with Crippen molar-refractivity contribution in [1.82, 2.24) is 14.6 Å². The van der Waals surface area contributed by atoms with E-state index >= 15 is 0 Å². The molecule has 0 radical (unpaired) electrons. The van der Waals surface area contributed by atoms with Crippen molar-refractivity contribution in [2.45, 2.75) is 12.1 Å². The number of halogens is 2. The molecule has 0 aliphatic carbocycles. The molecular weight excluding hydrogens is 421 g/mol. The number of thiazole rings is 1. The highest BCUT2D eigenvalue weighted by Gasteiger charge is 2.16. The van der Waals surface area contributed by atoms with Crippen LogP contribution in [-0.2, 0) is 0 Å². The molecule has 0 amide bonds. The maximum absolute atomic E-state index is 12.5. The van der Waals surface area contributed by atoms with Gasteiger partial charge in [0.15, 0.2) is 10.9 Å². The molecule has 0 spiro atoms. The SMILES string of the molecule is Cc1ccc(-c2csc3nnc(SCC(=O)c4ccc(Cl)c(Cl)c4)n23)cc1. The largest absolute Gasteiger partial charge is 0.293 e. The number of carbonyl (C=O) groups is 1. The van der Waals surface area contributed by atoms with Crippen LogP contribution in [0.5, 0.6) is 0 Å². The number of aromatic nitrogens is 3. The summed E-state index contributed by atoms with van der Waals surface area (Å²) in [5, 5.41) is 12.0. The molecule has 27 heavy (non-hydrogen) atoms. The Morgan fingerprint density at radius 2 is 1.89 bits per heavy atom. The smallest absolute Gasteiger partial charge is 0.217 e. The Hall–Kier alpha value is -1.86. The van der Waals surface area contributed by atoms with Gasteiger partial charge in [-0.1, -0.05) is 64.8 Å². The lowest BCUT2D eigenvalue weighted by molar-refractivity contribution is 0.102. The molecule has 8 heteroatoms. The topological polar surface area (TPSA) is 47.3 Å². The van der Waals surface area contributed by atoms with Gasteiger partial charge in [0.1, 0.15) is 0 Å². The summed E-state index contributed by atoms with van der Waals surface area (Å²) in [6.07, 6.45) is 0. The fourth-order valence-corrected chi connectivity index (χ4v) is 4.63. The normalized spacial score (nSPS) is 11.2. The van der Waals surface area contributed by atoms with E-state index in [0.717, 1.165) is 16.2 Å². The Balaban J connectivity index is 1.59. The summed E-state index contributed by atoms with van der Waals surface area (Å²) in [7, 11) is 0. The summed E-state index contributed by atoms with van der Waals surface area (Å²) in [6, 6.07) is 13.2. The number of aryl methyl sites for hydroxylation is 1. The number of ketones is 1. The van der Waals surface area contributed by atoms with Crippen LogP contribution in [0.1, 0.15) is 15.9 Å². The van der Waals surface area contributed by atoms with Crippen molar-refractivity contribution in [1.29, 1.82) is 0 Å². The standard InChI is InChI=1S/C19H13Cl2N3OS2/c1-11-2-4-12(5-3-11)16-9-26-18-22-23-19(24(16)18)27-10-17(25)13-6-7-14(20)15(21)8-13/h2-9H,10H2,1H3. The average molecular weight is 434 g/mol. The number of nitrogens with zero attached hydrogens (tertiary/aromatic N) is 3. The minimum atomic E-state index is -0.0394. The Labute approximate surface area is 174 Å². The van der Waals surface area contributed by atoms with Crippen LogP contribution in [0.2, 0.25) is 10.0 Å². The highest BCUT2D eigenvalue weighted by Crippen LogP contribution is 2.30. The summed E-state index contributed by atoms with van der Waals surface area (Å²) in [5.74, 6) is 0.199. The van der Waals surface area contributed by atoms with Crippen molar-refractivity contribution >= 4 is 57.0 Å². The first-order valence-corrected chi connectivity index (χ1v) is 10.7. The van der Waals surface area contributed by atoms with E-state index in [4.69, 9.17) is 23.2 Å². The van der Waals surface area contributed by atoms with Crippen LogP contribution >= 0.6 is 46.3 Å². The number of fused-ring (bicyclic) bond motifs is 1. The molecule has 0 fully saturated rings. The number of Topliss-reactive ketones (excluding diaryl/α,β-unsaturated/α-hetero) is 1. The van der Waals surface area contributed by atoms with Crippen LogP contribution < -0.4 is 0 Å². The summed E-state index contributed by atoms with van der Waals surface area (Å²) >= 11 is 14.8. The number of benzene rings is 2. The van der Waals surface area contributed by atoms with Gasteiger partial charge in [-0.3, -0.25) is 9.20 Å². The zero-order chi connectivity index (χ0) is 19.0. The van der Waals surface area contributed by atoms with E-state index in [-0.39, 0.29) is 11.5 Å². The third-order valence-corrected chi connectivity index (χ3v) is 6.53. The molecule has 0 aliphatic heterocycles. The third-order valence-electron chi connectivity index (χ3n) is 4.04. The summed E-state index contributed by atoms with van der Waals surface area (Å²) in [6.45, 7) is 2.06. The molecule has 2 aromatic heterocycles. The lowest BCUT2D eigenvalue weighted by Gasteiger charge is -2.04. The molecule has 4 rings (SSSR count). The number of hydrogen-bond acceptors (Lipinski definition) is 5. The molecule has 0 aliphatic rings. The van der Waals surface area contributed by atoms with Gasteiger partial charge in [0.2, 0.25) is 4.96 Å². The van der Waals surface area contributed by atoms with Crippen molar-refractivity contribution in [3.63, 3.8) is 0 Å². The van der Waals surface area contributed by atoms with Gasteiger partial charge in [0.25, 0.3) is 0 Å². The summed E-state index contributed by atoms with van der Waals surface area (Å²) < 4.78 is 1.99. The predicted octanol–water partition coefficient (Wildman–Crippen LogP) is 6.05. The van der Waals surface area contributed by atoms with Crippen molar-refractivity contribution in [3.8, 4) is 11.3 Å². The van der Waals surface area contributed by atoms with Crippen molar-refractivity contribution in [3.05, 3.63) is 69.0 Å². The Morgan fingerprint density at radius 1 is 1.11 bits per heavy atom. The van der Waals surface area contributed by atoms with Crippen LogP contribution in [0.15, 0.2) is 53.0 Å². The van der Waals surface area contributed by atoms with E-state index in [1.807, 2.05) is 4.40 Å². The molecule has 4 nitrogen and oxygen atoms in total. The predicted molar refractivity (Wildman–Crippen MR) is 113 cm³/mol. The second-order valence-electron chi connectivity index (χ2n) is 5.93. The molecule has 0 bridgehead atoms. The number of rotatable bonds is 5. The highest BCUT2D eigenvalue weighted by atomic mass is 35.5. The molecule has 2 heterocycles. The van der Waals surface area contributed by atoms with E-state index in [0.29, 0.717) is 20.8 Å². The zero-order valence-electron chi connectivity index (χ0n) is 14.1. The van der Waals surface area contributed by atoms with E-state index < -0.39 is 0 Å². The summed E-state index contributed by atoms with van der Waals surface area (Å²) in [5.41, 5.74) is 3.84. The molecular formula is C19H13Cl2N3OS2. The van der Waals surface area contributed by atoms with Gasteiger partial charge < -0.3 is 0 Å². The van der Waals surface area contributed by atoms with Gasteiger partial charge >= 0.3 is 0 Å². The molecule has 4 aromatic rings. The van der Waals surface area contributed by atoms with E-state index in [9.17, 15) is 4.79 Å². The van der Waals surface area contributed by atoms with Crippen LogP contribution in [0, 0.1) is 6.92 Å². The monoisotopic (exact) mass is 433 g/mol. The van der Waals surface area contributed by atoms with Crippen LogP contribution in [0.25, 0.3) is 16.2 Å². The Morgan fingerprint density at radius 3 is 2.63 bits per heavy atom. The van der Waals surface area contributed by atoms with Gasteiger partial charge in [0, 0.05) is 10.9 Å². The molecule has 0 unspecified atom stereocenters. The number of carbonyl (C=O) groups excluding carboxylic acids is 1. The molecule has 0 N–H and O–H groups in total. The van der Waals surface area contributed by atoms with Gasteiger partial charge in [0.05, 0.1) is 21.5 Å². The second-order valence-corrected chi connectivity index (χ2v) is 8.52. The van der Waals surface area contributed by atoms with Crippen molar-refractivity contribution in [2.24, 2.45) is 0 Å².